The molecular formula is C20H23N5O4. The van der Waals surface area contributed by atoms with Crippen LogP contribution in [-0.2, 0) is 4.74 Å². The van der Waals surface area contributed by atoms with E-state index in [2.05, 4.69) is 37.1 Å². The van der Waals surface area contributed by atoms with Crippen LogP contribution in [-0.4, -0.2) is 61.0 Å². The van der Waals surface area contributed by atoms with E-state index in [1.807, 2.05) is 12.1 Å². The Hall–Kier alpha value is -3.36. The number of nitrogens with zero attached hydrogens (tertiary/aromatic N) is 5. The van der Waals surface area contributed by atoms with E-state index in [0.717, 1.165) is 37.6 Å². The smallest absolute Gasteiger partial charge is 0.361 e. The molecule has 1 aliphatic heterocycles. The van der Waals surface area contributed by atoms with E-state index >= 15 is 0 Å². The number of carbonyl (C=O) groups excluding carboxylic acids is 1. The van der Waals surface area contributed by atoms with Gasteiger partial charge in [-0.2, -0.15) is 4.98 Å². The van der Waals surface area contributed by atoms with Crippen LogP contribution in [0.25, 0.3) is 11.1 Å². The summed E-state index contributed by atoms with van der Waals surface area (Å²) in [7, 11) is 1.66. The summed E-state index contributed by atoms with van der Waals surface area (Å²) in [5.74, 6) is 1.53. The normalized spacial score (nSPS) is 14.3. The van der Waals surface area contributed by atoms with E-state index in [1.165, 1.54) is 0 Å². The molecule has 29 heavy (non-hydrogen) atoms. The Morgan fingerprint density at radius 2 is 1.79 bits per heavy atom. The zero-order valence-electron chi connectivity index (χ0n) is 16.7. The van der Waals surface area contributed by atoms with Crippen LogP contribution in [0.2, 0.25) is 0 Å². The predicted molar refractivity (Wildman–Crippen MR) is 108 cm³/mol. The molecule has 1 fully saturated rings. The Labute approximate surface area is 168 Å². The average molecular weight is 397 g/mol. The number of carbonyl (C=O) groups is 1. The molecule has 9 nitrogen and oxygen atoms in total. The van der Waals surface area contributed by atoms with Gasteiger partial charge in [-0.15, -0.1) is 0 Å². The second kappa shape index (κ2) is 7.94. The first-order valence-electron chi connectivity index (χ1n) is 9.55. The van der Waals surface area contributed by atoms with Crippen LogP contribution in [0.5, 0.6) is 5.75 Å². The minimum atomic E-state index is -0.531. The second-order valence-corrected chi connectivity index (χ2v) is 6.70. The maximum absolute atomic E-state index is 12.3. The van der Waals surface area contributed by atoms with Crippen molar-refractivity contribution < 1.29 is 18.8 Å². The van der Waals surface area contributed by atoms with E-state index in [1.54, 1.807) is 21.0 Å². The second-order valence-electron chi connectivity index (χ2n) is 6.70. The number of aromatic nitrogens is 3. The van der Waals surface area contributed by atoms with Gasteiger partial charge in [0.2, 0.25) is 5.69 Å². The maximum Gasteiger partial charge on any atom is 0.361 e. The van der Waals surface area contributed by atoms with Crippen molar-refractivity contribution in [3.05, 3.63) is 35.8 Å². The minimum absolute atomic E-state index is 0.120. The standard InChI is InChI=1S/C20H23N5O4/c1-4-28-20(26)17-16-18(21-13(2)22-19(16)29-23-17)25-11-9-24(10-12-25)14-5-7-15(27-3)8-6-14/h5-8H,4,9-12H2,1-3H3. The number of hydrogen-bond donors (Lipinski definition) is 0. The van der Waals surface area contributed by atoms with Crippen molar-refractivity contribution in [2.75, 3.05) is 49.7 Å². The molecular weight excluding hydrogens is 374 g/mol. The summed E-state index contributed by atoms with van der Waals surface area (Å²) < 4.78 is 15.6. The first-order chi connectivity index (χ1) is 14.1. The molecule has 0 bridgehead atoms. The SMILES string of the molecule is CCOC(=O)c1noc2nc(C)nc(N3CCN(c4ccc(OC)cc4)CC3)c12. The molecule has 2 aromatic heterocycles. The molecule has 0 saturated carbocycles. The summed E-state index contributed by atoms with van der Waals surface area (Å²) in [6.45, 7) is 6.92. The summed E-state index contributed by atoms with van der Waals surface area (Å²) in [5, 5.41) is 4.39. The topological polar surface area (TPSA) is 93.8 Å². The summed E-state index contributed by atoms with van der Waals surface area (Å²) in [6, 6.07) is 8.03. The van der Waals surface area contributed by atoms with E-state index in [9.17, 15) is 4.79 Å². The van der Waals surface area contributed by atoms with Gasteiger partial charge in [0.1, 0.15) is 22.8 Å². The lowest BCUT2D eigenvalue weighted by atomic mass is 10.2. The van der Waals surface area contributed by atoms with Crippen LogP contribution in [0.15, 0.2) is 28.8 Å². The van der Waals surface area contributed by atoms with Crippen LogP contribution >= 0.6 is 0 Å². The fraction of sp³-hybridized carbons (Fsp3) is 0.400. The zero-order chi connectivity index (χ0) is 20.4. The molecule has 1 aromatic carbocycles. The third kappa shape index (κ3) is 3.67. The number of aryl methyl sites for hydroxylation is 1. The highest BCUT2D eigenvalue weighted by atomic mass is 16.5. The van der Waals surface area contributed by atoms with Crippen molar-refractivity contribution in [1.82, 2.24) is 15.1 Å². The Bertz CT molecular complexity index is 1010. The fourth-order valence-electron chi connectivity index (χ4n) is 3.48. The molecule has 0 spiro atoms. The number of ether oxygens (including phenoxy) is 2. The van der Waals surface area contributed by atoms with Crippen molar-refractivity contribution >= 4 is 28.6 Å². The van der Waals surface area contributed by atoms with Gasteiger partial charge in [0.05, 0.1) is 13.7 Å². The van der Waals surface area contributed by atoms with Crippen LogP contribution < -0.4 is 14.5 Å². The van der Waals surface area contributed by atoms with Gasteiger partial charge in [-0.1, -0.05) is 5.16 Å². The third-order valence-corrected chi connectivity index (χ3v) is 4.91. The molecule has 0 amide bonds. The molecule has 0 unspecified atom stereocenters. The van der Waals surface area contributed by atoms with Gasteiger partial charge in [-0.25, -0.2) is 9.78 Å². The zero-order valence-corrected chi connectivity index (χ0v) is 16.7. The maximum atomic E-state index is 12.3. The number of benzene rings is 1. The lowest BCUT2D eigenvalue weighted by Gasteiger charge is -2.37. The Morgan fingerprint density at radius 1 is 1.10 bits per heavy atom. The molecule has 3 aromatic rings. The van der Waals surface area contributed by atoms with E-state index in [0.29, 0.717) is 22.7 Å². The number of methoxy groups -OCH3 is 1. The number of anilines is 2. The molecule has 9 heteroatoms. The van der Waals surface area contributed by atoms with Crippen LogP contribution in [0.1, 0.15) is 23.2 Å². The Morgan fingerprint density at radius 3 is 2.45 bits per heavy atom. The summed E-state index contributed by atoms with van der Waals surface area (Å²) >= 11 is 0. The van der Waals surface area contributed by atoms with E-state index in [4.69, 9.17) is 14.0 Å². The molecule has 0 radical (unpaired) electrons. The van der Waals surface area contributed by atoms with Crippen LogP contribution in [0, 0.1) is 6.92 Å². The highest BCUT2D eigenvalue weighted by Gasteiger charge is 2.27. The van der Waals surface area contributed by atoms with E-state index < -0.39 is 5.97 Å². The van der Waals surface area contributed by atoms with Gasteiger partial charge >= 0.3 is 5.97 Å². The highest BCUT2D eigenvalue weighted by molar-refractivity contribution is 6.04. The predicted octanol–water partition coefficient (Wildman–Crippen LogP) is 2.44. The highest BCUT2D eigenvalue weighted by Crippen LogP contribution is 2.29. The van der Waals surface area contributed by atoms with E-state index in [-0.39, 0.29) is 12.3 Å². The Kier molecular flexibility index (Phi) is 5.20. The molecule has 4 rings (SSSR count). The number of piperazine rings is 1. The van der Waals surface area contributed by atoms with Crippen molar-refractivity contribution in [2.24, 2.45) is 0 Å². The average Bonchev–Trinajstić information content (AvgIpc) is 3.17. The number of fused-ring (bicyclic) bond motifs is 1. The first kappa shape index (κ1) is 19.0. The van der Waals surface area contributed by atoms with Crippen LogP contribution in [0.4, 0.5) is 11.5 Å². The minimum Gasteiger partial charge on any atom is -0.497 e. The van der Waals surface area contributed by atoms with Crippen molar-refractivity contribution in [2.45, 2.75) is 13.8 Å². The summed E-state index contributed by atoms with van der Waals surface area (Å²) in [4.78, 5) is 25.6. The lowest BCUT2D eigenvalue weighted by Crippen LogP contribution is -2.47. The van der Waals surface area contributed by atoms with Crippen molar-refractivity contribution in [3.8, 4) is 5.75 Å². The third-order valence-electron chi connectivity index (χ3n) is 4.91. The summed E-state index contributed by atoms with van der Waals surface area (Å²) in [6.07, 6.45) is 0. The van der Waals surface area contributed by atoms with Gasteiger partial charge in [-0.05, 0) is 38.1 Å². The van der Waals surface area contributed by atoms with Gasteiger partial charge in [-0.3, -0.25) is 0 Å². The van der Waals surface area contributed by atoms with Gasteiger partial charge < -0.3 is 23.8 Å². The molecule has 0 N–H and O–H groups in total. The number of rotatable bonds is 5. The largest absolute Gasteiger partial charge is 0.497 e. The molecule has 152 valence electrons. The fourth-order valence-corrected chi connectivity index (χ4v) is 3.48. The van der Waals surface area contributed by atoms with Gasteiger partial charge in [0.15, 0.2) is 0 Å². The molecule has 3 heterocycles. The van der Waals surface area contributed by atoms with Gasteiger partial charge in [0, 0.05) is 31.9 Å². The molecule has 1 saturated heterocycles. The number of hydrogen-bond acceptors (Lipinski definition) is 9. The Balaban J connectivity index is 1.59. The first-order valence-corrected chi connectivity index (χ1v) is 9.55. The molecule has 1 aliphatic rings. The monoisotopic (exact) mass is 397 g/mol. The summed E-state index contributed by atoms with van der Waals surface area (Å²) in [5.41, 5.74) is 1.56. The number of esters is 1. The van der Waals surface area contributed by atoms with Crippen molar-refractivity contribution in [3.63, 3.8) is 0 Å². The molecule has 0 atom stereocenters. The van der Waals surface area contributed by atoms with Crippen LogP contribution in [0.3, 0.4) is 0 Å². The van der Waals surface area contributed by atoms with Gasteiger partial charge in [0.25, 0.3) is 5.71 Å². The van der Waals surface area contributed by atoms with Crippen molar-refractivity contribution in [1.29, 1.82) is 0 Å². The molecule has 0 aliphatic carbocycles. The lowest BCUT2D eigenvalue weighted by molar-refractivity contribution is 0.0517. The quantitative estimate of drug-likeness (QED) is 0.602.